The van der Waals surface area contributed by atoms with Crippen molar-refractivity contribution in [1.82, 2.24) is 0 Å². The average Bonchev–Trinajstić information content (AvgIpc) is 3.04. The summed E-state index contributed by atoms with van der Waals surface area (Å²) >= 11 is 0. The third-order valence-corrected chi connectivity index (χ3v) is 8.80. The minimum atomic E-state index is -3.08. The molecule has 3 saturated carbocycles. The average molecular weight is 453 g/mol. The smallest absolute Gasteiger partial charge is 0.275 e. The van der Waals surface area contributed by atoms with Gasteiger partial charge < -0.3 is 15.3 Å². The highest BCUT2D eigenvalue weighted by Gasteiger charge is 2.51. The fraction of sp³-hybridized carbons (Fsp3) is 0.778. The summed E-state index contributed by atoms with van der Waals surface area (Å²) in [4.78, 5) is 0. The quantitative estimate of drug-likeness (QED) is 0.467. The third-order valence-electron chi connectivity index (χ3n) is 8.80. The highest BCUT2D eigenvalue weighted by atomic mass is 19.3. The van der Waals surface area contributed by atoms with Crippen LogP contribution in [0.1, 0.15) is 85.5 Å². The lowest BCUT2D eigenvalue weighted by molar-refractivity contribution is -0.168. The summed E-state index contributed by atoms with van der Waals surface area (Å²) in [6.07, 6.45) is 9.40. The number of hydrogen-bond donors (Lipinski definition) is 3. The fourth-order valence-electron chi connectivity index (χ4n) is 6.60. The van der Waals surface area contributed by atoms with Crippen molar-refractivity contribution in [3.63, 3.8) is 0 Å². The molecule has 0 saturated heterocycles. The van der Waals surface area contributed by atoms with Crippen molar-refractivity contribution >= 4 is 0 Å². The van der Waals surface area contributed by atoms with Crippen molar-refractivity contribution in [2.24, 2.45) is 23.2 Å². The zero-order chi connectivity index (χ0) is 23.9. The molecule has 0 aromatic rings. The summed E-state index contributed by atoms with van der Waals surface area (Å²) in [6.45, 7) is 10.8. The van der Waals surface area contributed by atoms with E-state index in [1.54, 1.807) is 0 Å². The van der Waals surface area contributed by atoms with Crippen LogP contribution in [0.4, 0.5) is 8.78 Å². The van der Waals surface area contributed by atoms with E-state index in [0.29, 0.717) is 36.7 Å². The molecule has 0 unspecified atom stereocenters. The topological polar surface area (TPSA) is 60.7 Å². The molecule has 0 spiro atoms. The molecule has 182 valence electrons. The molecule has 5 heteroatoms. The molecule has 6 atom stereocenters. The molecule has 3 fully saturated rings. The zero-order valence-electron chi connectivity index (χ0n) is 20.2. The summed E-state index contributed by atoms with van der Waals surface area (Å²) < 4.78 is 28.6. The molecule has 3 aliphatic carbocycles. The van der Waals surface area contributed by atoms with Crippen molar-refractivity contribution in [2.45, 2.75) is 109 Å². The van der Waals surface area contributed by atoms with Crippen LogP contribution in [-0.4, -0.2) is 39.1 Å². The van der Waals surface area contributed by atoms with Crippen LogP contribution in [0, 0.1) is 23.2 Å². The van der Waals surface area contributed by atoms with Gasteiger partial charge in [0.25, 0.3) is 5.92 Å². The maximum Gasteiger partial charge on any atom is 0.275 e. The second kappa shape index (κ2) is 9.31. The van der Waals surface area contributed by atoms with Gasteiger partial charge in [-0.25, -0.2) is 8.78 Å². The van der Waals surface area contributed by atoms with Crippen LogP contribution < -0.4 is 0 Å². The van der Waals surface area contributed by atoms with Gasteiger partial charge in [-0.05, 0) is 93.1 Å². The molecular weight excluding hydrogens is 410 g/mol. The Morgan fingerprint density at radius 1 is 1.22 bits per heavy atom. The molecule has 0 heterocycles. The van der Waals surface area contributed by atoms with Crippen LogP contribution in [-0.2, 0) is 0 Å². The monoisotopic (exact) mass is 452 g/mol. The van der Waals surface area contributed by atoms with Gasteiger partial charge in [0.05, 0.1) is 12.2 Å². The van der Waals surface area contributed by atoms with E-state index in [9.17, 15) is 24.1 Å². The lowest BCUT2D eigenvalue weighted by atomic mass is 9.60. The first-order valence-electron chi connectivity index (χ1n) is 12.3. The summed E-state index contributed by atoms with van der Waals surface area (Å²) in [5.41, 5.74) is 1.15. The first-order valence-corrected chi connectivity index (χ1v) is 12.3. The standard InChI is InChI=1S/C27H42F2O3/c1-17(12-14-27(28,29)25(3,4)32)22-10-11-23-19(7-6-13-26(22,23)5)8-9-20-15-21(30)16-24(31)18(20)2/h8-9,17,21-24,30-32H,2,6-7,10-16H2,1,3-5H3/b19-8+,20-9+/t17-,21-,22-,23+,24+,26-/m1/s1. The first-order chi connectivity index (χ1) is 14.8. The molecule has 0 aromatic carbocycles. The first kappa shape index (κ1) is 25.6. The van der Waals surface area contributed by atoms with Crippen LogP contribution >= 0.6 is 0 Å². The van der Waals surface area contributed by atoms with Crippen LogP contribution in [0.5, 0.6) is 0 Å². The van der Waals surface area contributed by atoms with Crippen molar-refractivity contribution in [3.8, 4) is 0 Å². The predicted octanol–water partition coefficient (Wildman–Crippen LogP) is 5.95. The minimum absolute atomic E-state index is 0.106. The molecule has 0 radical (unpaired) electrons. The lowest BCUT2D eigenvalue weighted by Crippen LogP contribution is -2.43. The minimum Gasteiger partial charge on any atom is -0.393 e. The molecule has 3 nitrogen and oxygen atoms in total. The normalized spacial score (nSPS) is 37.7. The van der Waals surface area contributed by atoms with E-state index in [-0.39, 0.29) is 17.8 Å². The SMILES string of the molecule is C=C1/C(=C/C=C2\CCC[C@]3(C)[C@@H]([C@H](C)CCC(F)(F)C(C)(C)O)CC[C@@H]23)C[C@@H](O)C[C@@H]1O. The number of fused-ring (bicyclic) bond motifs is 1. The number of aliphatic hydroxyl groups excluding tert-OH is 2. The second-order valence-electron chi connectivity index (χ2n) is 11.4. The molecule has 0 amide bonds. The van der Waals surface area contributed by atoms with Crippen LogP contribution in [0.15, 0.2) is 35.5 Å². The predicted molar refractivity (Wildman–Crippen MR) is 124 cm³/mol. The summed E-state index contributed by atoms with van der Waals surface area (Å²) in [5, 5.41) is 29.9. The van der Waals surface area contributed by atoms with Crippen molar-refractivity contribution < 1.29 is 24.1 Å². The number of allylic oxidation sites excluding steroid dienone is 3. The molecule has 3 rings (SSSR count). The molecule has 32 heavy (non-hydrogen) atoms. The van der Waals surface area contributed by atoms with E-state index >= 15 is 0 Å². The Balaban J connectivity index is 1.73. The van der Waals surface area contributed by atoms with Crippen molar-refractivity contribution in [3.05, 3.63) is 35.5 Å². The molecule has 0 bridgehead atoms. The number of hydrogen-bond acceptors (Lipinski definition) is 3. The Hall–Kier alpha value is -1.04. The van der Waals surface area contributed by atoms with E-state index in [1.807, 2.05) is 6.08 Å². The lowest BCUT2D eigenvalue weighted by Gasteiger charge is -2.44. The maximum atomic E-state index is 14.3. The van der Waals surface area contributed by atoms with E-state index in [1.165, 1.54) is 19.4 Å². The van der Waals surface area contributed by atoms with E-state index < -0.39 is 23.7 Å². The summed E-state index contributed by atoms with van der Waals surface area (Å²) in [7, 11) is 0. The van der Waals surface area contributed by atoms with Crippen LogP contribution in [0.2, 0.25) is 0 Å². The second-order valence-corrected chi connectivity index (χ2v) is 11.4. The Labute approximate surface area is 192 Å². The van der Waals surface area contributed by atoms with Crippen molar-refractivity contribution in [2.75, 3.05) is 0 Å². The molecular formula is C27H42F2O3. The van der Waals surface area contributed by atoms with Gasteiger partial charge >= 0.3 is 0 Å². The van der Waals surface area contributed by atoms with E-state index in [2.05, 4.69) is 26.5 Å². The van der Waals surface area contributed by atoms with Crippen LogP contribution in [0.3, 0.4) is 0 Å². The largest absolute Gasteiger partial charge is 0.393 e. The summed E-state index contributed by atoms with van der Waals surface area (Å²) in [5.74, 6) is -2.06. The Morgan fingerprint density at radius 2 is 1.91 bits per heavy atom. The number of rotatable bonds is 6. The van der Waals surface area contributed by atoms with Gasteiger partial charge in [-0.15, -0.1) is 0 Å². The van der Waals surface area contributed by atoms with Crippen molar-refractivity contribution in [1.29, 1.82) is 0 Å². The Morgan fingerprint density at radius 3 is 2.56 bits per heavy atom. The Kier molecular flexibility index (Phi) is 7.44. The highest BCUT2D eigenvalue weighted by Crippen LogP contribution is 2.60. The van der Waals surface area contributed by atoms with Gasteiger partial charge in [-0.1, -0.05) is 38.2 Å². The Bertz CT molecular complexity index is 763. The van der Waals surface area contributed by atoms with Gasteiger partial charge in [-0.3, -0.25) is 0 Å². The molecule has 0 aliphatic heterocycles. The molecule has 3 N–H and O–H groups in total. The molecule has 3 aliphatic rings. The van der Waals surface area contributed by atoms with Gasteiger partial charge in [0.15, 0.2) is 0 Å². The zero-order valence-corrected chi connectivity index (χ0v) is 20.2. The summed E-state index contributed by atoms with van der Waals surface area (Å²) in [6, 6.07) is 0. The fourth-order valence-corrected chi connectivity index (χ4v) is 6.60. The van der Waals surface area contributed by atoms with Gasteiger partial charge in [0.1, 0.15) is 5.60 Å². The van der Waals surface area contributed by atoms with Crippen LogP contribution in [0.25, 0.3) is 0 Å². The number of halogens is 2. The molecule has 0 aromatic heterocycles. The highest BCUT2D eigenvalue weighted by molar-refractivity contribution is 5.38. The van der Waals surface area contributed by atoms with Gasteiger partial charge in [0, 0.05) is 12.8 Å². The number of alkyl halides is 2. The van der Waals surface area contributed by atoms with Gasteiger partial charge in [-0.2, -0.15) is 0 Å². The number of aliphatic hydroxyl groups is 3. The van der Waals surface area contributed by atoms with Gasteiger partial charge in [0.2, 0.25) is 0 Å². The van der Waals surface area contributed by atoms with E-state index in [0.717, 1.165) is 37.7 Å². The third kappa shape index (κ3) is 5.05. The maximum absolute atomic E-state index is 14.3. The van der Waals surface area contributed by atoms with E-state index in [4.69, 9.17) is 0 Å².